The fraction of sp³-hybridized carbons (Fsp3) is 0.333. The third-order valence-corrected chi connectivity index (χ3v) is 2.63. The fourth-order valence-corrected chi connectivity index (χ4v) is 1.97. The summed E-state index contributed by atoms with van der Waals surface area (Å²) in [6, 6.07) is 1.75. The molecular weight excluding hydrogens is 235 g/mol. The first-order valence-corrected chi connectivity index (χ1v) is 5.12. The van der Waals surface area contributed by atoms with Crippen LogP contribution in [0.1, 0.15) is 0 Å². The molecule has 2 aromatic heterocycles. The molecule has 80 valence electrons. The molecule has 0 aromatic carbocycles. The topological polar surface area (TPSA) is 34.0 Å². The fourth-order valence-electron chi connectivity index (χ4n) is 1.51. The van der Waals surface area contributed by atoms with Gasteiger partial charge in [0.05, 0.1) is 5.52 Å². The largest absolute Gasteiger partial charge is 0.348 e. The lowest BCUT2D eigenvalue weighted by Gasteiger charge is -2.10. The maximum atomic E-state index is 5.96. The van der Waals surface area contributed by atoms with Gasteiger partial charge >= 0.3 is 0 Å². The Morgan fingerprint density at radius 3 is 2.53 bits per heavy atom. The van der Waals surface area contributed by atoms with Gasteiger partial charge in [0.1, 0.15) is 10.7 Å². The predicted molar refractivity (Wildman–Crippen MR) is 62.9 cm³/mol. The van der Waals surface area contributed by atoms with E-state index in [0.717, 1.165) is 11.5 Å². The molecule has 6 heteroatoms. The van der Waals surface area contributed by atoms with E-state index in [-0.39, 0.29) is 0 Å². The van der Waals surface area contributed by atoms with Crippen LogP contribution in [0.2, 0.25) is 10.3 Å². The second kappa shape index (κ2) is 3.54. The van der Waals surface area contributed by atoms with Crippen molar-refractivity contribution in [2.24, 2.45) is 7.05 Å². The van der Waals surface area contributed by atoms with Crippen LogP contribution in [0, 0.1) is 0 Å². The Morgan fingerprint density at radius 1 is 1.27 bits per heavy atom. The minimum absolute atomic E-state index is 0.334. The molecule has 0 aliphatic rings. The summed E-state index contributed by atoms with van der Waals surface area (Å²) in [5.41, 5.74) is 1.55. The number of fused-ring (bicyclic) bond motifs is 1. The van der Waals surface area contributed by atoms with Crippen LogP contribution >= 0.6 is 23.2 Å². The summed E-state index contributed by atoms with van der Waals surface area (Å²) >= 11 is 11.8. The van der Waals surface area contributed by atoms with E-state index < -0.39 is 0 Å². The summed E-state index contributed by atoms with van der Waals surface area (Å²) < 4.78 is 1.93. The number of halogens is 2. The highest BCUT2D eigenvalue weighted by Gasteiger charge is 2.13. The van der Waals surface area contributed by atoms with Crippen LogP contribution in [0.4, 0.5) is 5.95 Å². The van der Waals surface area contributed by atoms with Crippen LogP contribution in [-0.4, -0.2) is 28.6 Å². The number of rotatable bonds is 1. The zero-order valence-corrected chi connectivity index (χ0v) is 10.1. The van der Waals surface area contributed by atoms with E-state index in [1.807, 2.05) is 30.6 Å². The maximum absolute atomic E-state index is 5.96. The standard InChI is InChI=1S/C9H10Cl2N4/c1-14(2)9-13-7-5(15(9)3)4-6(10)12-8(7)11/h4H,1-3H3. The minimum atomic E-state index is 0.334. The molecule has 0 saturated carbocycles. The average molecular weight is 245 g/mol. The van der Waals surface area contributed by atoms with Gasteiger partial charge in [-0.25, -0.2) is 9.97 Å². The summed E-state index contributed by atoms with van der Waals surface area (Å²) in [4.78, 5) is 10.2. The Morgan fingerprint density at radius 2 is 1.93 bits per heavy atom. The zero-order chi connectivity index (χ0) is 11.2. The highest BCUT2D eigenvalue weighted by molar-refractivity contribution is 6.36. The quantitative estimate of drug-likeness (QED) is 0.723. The monoisotopic (exact) mass is 244 g/mol. The van der Waals surface area contributed by atoms with Gasteiger partial charge in [0.25, 0.3) is 0 Å². The molecule has 0 N–H and O–H groups in total. The van der Waals surface area contributed by atoms with Gasteiger partial charge in [-0.15, -0.1) is 0 Å². The van der Waals surface area contributed by atoms with Crippen molar-refractivity contribution in [1.29, 1.82) is 0 Å². The second-order valence-electron chi connectivity index (χ2n) is 3.47. The van der Waals surface area contributed by atoms with Crippen LogP contribution in [0.5, 0.6) is 0 Å². The van der Waals surface area contributed by atoms with E-state index >= 15 is 0 Å². The summed E-state index contributed by atoms with van der Waals surface area (Å²) in [7, 11) is 5.76. The number of imidazole rings is 1. The van der Waals surface area contributed by atoms with Crippen LogP contribution in [-0.2, 0) is 7.05 Å². The third kappa shape index (κ3) is 1.64. The van der Waals surface area contributed by atoms with Crippen LogP contribution in [0.15, 0.2) is 6.07 Å². The van der Waals surface area contributed by atoms with E-state index in [4.69, 9.17) is 23.2 Å². The molecule has 0 bridgehead atoms. The SMILES string of the molecule is CN(C)c1nc2c(Cl)nc(Cl)cc2n1C. The van der Waals surface area contributed by atoms with Crippen molar-refractivity contribution in [3.63, 3.8) is 0 Å². The molecule has 0 aliphatic heterocycles. The predicted octanol–water partition coefficient (Wildman–Crippen LogP) is 2.34. The van der Waals surface area contributed by atoms with E-state index in [9.17, 15) is 0 Å². The molecule has 0 unspecified atom stereocenters. The van der Waals surface area contributed by atoms with Crippen molar-refractivity contribution in [1.82, 2.24) is 14.5 Å². The maximum Gasteiger partial charge on any atom is 0.205 e. The lowest BCUT2D eigenvalue weighted by Crippen LogP contribution is -2.13. The Bertz CT molecular complexity index is 518. The number of anilines is 1. The van der Waals surface area contributed by atoms with Crippen LogP contribution in [0.3, 0.4) is 0 Å². The number of aryl methyl sites for hydroxylation is 1. The van der Waals surface area contributed by atoms with Gasteiger partial charge in [0, 0.05) is 27.2 Å². The Hall–Kier alpha value is -1.00. The van der Waals surface area contributed by atoms with Gasteiger partial charge in [0.15, 0.2) is 5.15 Å². The molecule has 4 nitrogen and oxygen atoms in total. The first-order chi connectivity index (χ1) is 7.00. The third-order valence-electron chi connectivity index (χ3n) is 2.17. The van der Waals surface area contributed by atoms with Gasteiger partial charge in [-0.1, -0.05) is 23.2 Å². The van der Waals surface area contributed by atoms with Crippen molar-refractivity contribution in [3.05, 3.63) is 16.4 Å². The Labute approximate surface area is 97.4 Å². The molecule has 0 fully saturated rings. The van der Waals surface area contributed by atoms with E-state index in [1.165, 1.54) is 0 Å². The first-order valence-electron chi connectivity index (χ1n) is 4.36. The van der Waals surface area contributed by atoms with E-state index in [2.05, 4.69) is 9.97 Å². The van der Waals surface area contributed by atoms with E-state index in [1.54, 1.807) is 6.07 Å². The molecule has 2 aromatic rings. The van der Waals surface area contributed by atoms with Crippen molar-refractivity contribution >= 4 is 40.2 Å². The molecular formula is C9H10Cl2N4. The molecule has 0 spiro atoms. The lowest BCUT2D eigenvalue weighted by atomic mass is 10.4. The normalized spacial score (nSPS) is 11.0. The molecule has 0 atom stereocenters. The van der Waals surface area contributed by atoms with Gasteiger partial charge in [0.2, 0.25) is 5.95 Å². The zero-order valence-electron chi connectivity index (χ0n) is 8.62. The molecule has 0 radical (unpaired) electrons. The van der Waals surface area contributed by atoms with Crippen LogP contribution < -0.4 is 4.90 Å². The lowest BCUT2D eigenvalue weighted by molar-refractivity contribution is 0.890. The molecule has 2 rings (SSSR count). The number of hydrogen-bond donors (Lipinski definition) is 0. The molecule has 0 aliphatic carbocycles. The Balaban J connectivity index is 2.82. The molecule has 0 amide bonds. The van der Waals surface area contributed by atoms with Crippen molar-refractivity contribution < 1.29 is 0 Å². The summed E-state index contributed by atoms with van der Waals surface area (Å²) in [5.74, 6) is 0.816. The number of aromatic nitrogens is 3. The first kappa shape index (κ1) is 10.5. The highest BCUT2D eigenvalue weighted by atomic mass is 35.5. The van der Waals surface area contributed by atoms with Gasteiger partial charge in [-0.3, -0.25) is 0 Å². The summed E-state index contributed by atoms with van der Waals surface area (Å²) in [5, 5.41) is 0.710. The summed E-state index contributed by atoms with van der Waals surface area (Å²) in [6.07, 6.45) is 0. The second-order valence-corrected chi connectivity index (χ2v) is 4.21. The smallest absolute Gasteiger partial charge is 0.205 e. The van der Waals surface area contributed by atoms with Gasteiger partial charge in [-0.05, 0) is 0 Å². The van der Waals surface area contributed by atoms with Crippen LogP contribution in [0.25, 0.3) is 11.0 Å². The Kier molecular flexibility index (Phi) is 2.48. The van der Waals surface area contributed by atoms with Crippen molar-refractivity contribution in [2.45, 2.75) is 0 Å². The molecule has 0 saturated heterocycles. The summed E-state index contributed by atoms with van der Waals surface area (Å²) in [6.45, 7) is 0. The van der Waals surface area contributed by atoms with Gasteiger partial charge < -0.3 is 9.47 Å². The van der Waals surface area contributed by atoms with Gasteiger partial charge in [-0.2, -0.15) is 0 Å². The highest BCUT2D eigenvalue weighted by Crippen LogP contribution is 2.27. The van der Waals surface area contributed by atoms with E-state index in [0.29, 0.717) is 15.8 Å². The number of hydrogen-bond acceptors (Lipinski definition) is 3. The number of pyridine rings is 1. The van der Waals surface area contributed by atoms with Crippen molar-refractivity contribution in [2.75, 3.05) is 19.0 Å². The average Bonchev–Trinajstić information content (AvgIpc) is 2.44. The number of nitrogens with zero attached hydrogens (tertiary/aromatic N) is 4. The minimum Gasteiger partial charge on any atom is -0.348 e. The molecule has 15 heavy (non-hydrogen) atoms. The molecule has 2 heterocycles. The van der Waals surface area contributed by atoms with Crippen molar-refractivity contribution in [3.8, 4) is 0 Å².